The molecule has 0 fully saturated rings. The summed E-state index contributed by atoms with van der Waals surface area (Å²) in [6.07, 6.45) is 1.85. The fourth-order valence-corrected chi connectivity index (χ4v) is 4.57. The fraction of sp³-hybridized carbons (Fsp3) is 0.240. The average molecular weight is 420 g/mol. The van der Waals surface area contributed by atoms with Crippen molar-refractivity contribution in [3.8, 4) is 22.6 Å². The molecule has 2 aromatic heterocycles. The van der Waals surface area contributed by atoms with Crippen LogP contribution in [0.5, 0.6) is 11.5 Å². The van der Waals surface area contributed by atoms with Gasteiger partial charge in [-0.15, -0.1) is 11.3 Å². The molecular formula is C25H25NO3S. The van der Waals surface area contributed by atoms with E-state index in [-0.39, 0.29) is 5.56 Å². The quantitative estimate of drug-likeness (QED) is 0.448. The lowest BCUT2D eigenvalue weighted by Gasteiger charge is -2.22. The van der Waals surface area contributed by atoms with E-state index in [0.717, 1.165) is 38.3 Å². The molecule has 0 unspecified atom stereocenters. The molecule has 0 bridgehead atoms. The van der Waals surface area contributed by atoms with E-state index in [1.807, 2.05) is 67.9 Å². The van der Waals surface area contributed by atoms with Crippen molar-refractivity contribution in [1.82, 2.24) is 4.57 Å². The maximum Gasteiger partial charge on any atom is 0.259 e. The number of rotatable bonds is 4. The Morgan fingerprint density at radius 2 is 1.73 bits per heavy atom. The van der Waals surface area contributed by atoms with Crippen molar-refractivity contribution in [1.29, 1.82) is 0 Å². The van der Waals surface area contributed by atoms with Crippen LogP contribution < -0.4 is 10.3 Å². The molecule has 5 heteroatoms. The number of aliphatic hydroxyl groups is 1. The molecule has 2 heterocycles. The number of ether oxygens (including phenoxy) is 1. The zero-order chi connectivity index (χ0) is 21.6. The summed E-state index contributed by atoms with van der Waals surface area (Å²) >= 11 is 1.53. The van der Waals surface area contributed by atoms with Crippen LogP contribution in [0.25, 0.3) is 21.2 Å². The molecule has 154 valence electrons. The second-order valence-electron chi connectivity index (χ2n) is 8.22. The minimum absolute atomic E-state index is 0.0224. The van der Waals surface area contributed by atoms with Gasteiger partial charge in [-0.3, -0.25) is 4.79 Å². The molecule has 0 amide bonds. The van der Waals surface area contributed by atoms with E-state index < -0.39 is 5.60 Å². The molecule has 0 spiro atoms. The van der Waals surface area contributed by atoms with E-state index in [0.29, 0.717) is 11.1 Å². The van der Waals surface area contributed by atoms with Gasteiger partial charge in [0.1, 0.15) is 11.5 Å². The lowest BCUT2D eigenvalue weighted by molar-refractivity contribution is 0.0786. The number of fused-ring (bicyclic) bond motifs is 1. The van der Waals surface area contributed by atoms with Gasteiger partial charge in [-0.05, 0) is 68.0 Å². The van der Waals surface area contributed by atoms with E-state index in [4.69, 9.17) is 4.74 Å². The first kappa shape index (κ1) is 20.4. The number of hydrogen-bond donors (Lipinski definition) is 1. The van der Waals surface area contributed by atoms with Crippen LogP contribution in [0.3, 0.4) is 0 Å². The highest BCUT2D eigenvalue weighted by Crippen LogP contribution is 2.41. The Kier molecular flexibility index (Phi) is 5.04. The average Bonchev–Trinajstić information content (AvgIpc) is 3.17. The molecule has 0 aliphatic rings. The van der Waals surface area contributed by atoms with Gasteiger partial charge in [0.15, 0.2) is 0 Å². The number of thiophene rings is 1. The molecule has 0 aliphatic heterocycles. The van der Waals surface area contributed by atoms with E-state index >= 15 is 0 Å². The number of hydrogen-bond acceptors (Lipinski definition) is 4. The summed E-state index contributed by atoms with van der Waals surface area (Å²) in [7, 11) is 1.76. The molecule has 4 rings (SSSR count). The molecule has 0 saturated heterocycles. The van der Waals surface area contributed by atoms with Crippen LogP contribution in [0.1, 0.15) is 30.5 Å². The first-order valence-electron chi connectivity index (χ1n) is 9.85. The van der Waals surface area contributed by atoms with Gasteiger partial charge in [0.2, 0.25) is 0 Å². The highest BCUT2D eigenvalue weighted by atomic mass is 32.1. The standard InChI is InChI=1S/C25H25NO3S/c1-15-7-6-8-16(2)22(15)29-21-10-9-17(25(3,4)28)13-19(21)20-14-26(5)24(27)18-11-12-30-23(18)20/h6-14,28H,1-5H3. The van der Waals surface area contributed by atoms with E-state index in [1.165, 1.54) is 11.3 Å². The minimum Gasteiger partial charge on any atom is -0.456 e. The topological polar surface area (TPSA) is 51.5 Å². The van der Waals surface area contributed by atoms with E-state index in [2.05, 4.69) is 0 Å². The van der Waals surface area contributed by atoms with Crippen LogP contribution in [-0.4, -0.2) is 9.67 Å². The molecule has 4 nitrogen and oxygen atoms in total. The lowest BCUT2D eigenvalue weighted by atomic mass is 9.93. The molecular weight excluding hydrogens is 394 g/mol. The van der Waals surface area contributed by atoms with Crippen LogP contribution in [0, 0.1) is 13.8 Å². The Balaban J connectivity index is 1.99. The third-order valence-corrected chi connectivity index (χ3v) is 6.33. The lowest BCUT2D eigenvalue weighted by Crippen LogP contribution is -2.17. The number of para-hydroxylation sites is 1. The summed E-state index contributed by atoms with van der Waals surface area (Å²) in [4.78, 5) is 12.6. The largest absolute Gasteiger partial charge is 0.456 e. The van der Waals surface area contributed by atoms with Gasteiger partial charge in [0.05, 0.1) is 11.0 Å². The highest BCUT2D eigenvalue weighted by Gasteiger charge is 2.21. The van der Waals surface area contributed by atoms with E-state index in [1.54, 1.807) is 25.5 Å². The number of nitrogens with zero attached hydrogens (tertiary/aromatic N) is 1. The van der Waals surface area contributed by atoms with Crippen LogP contribution >= 0.6 is 11.3 Å². The number of pyridine rings is 1. The zero-order valence-corrected chi connectivity index (χ0v) is 18.6. The molecule has 1 N–H and O–H groups in total. The maximum absolute atomic E-state index is 12.6. The summed E-state index contributed by atoms with van der Waals surface area (Å²) in [5, 5.41) is 13.2. The first-order valence-corrected chi connectivity index (χ1v) is 10.7. The minimum atomic E-state index is -0.999. The Labute approximate surface area is 180 Å². The summed E-state index contributed by atoms with van der Waals surface area (Å²) in [5.74, 6) is 1.51. The molecule has 0 radical (unpaired) electrons. The zero-order valence-electron chi connectivity index (χ0n) is 17.8. The first-order chi connectivity index (χ1) is 14.2. The Hall–Kier alpha value is -2.89. The summed E-state index contributed by atoms with van der Waals surface area (Å²) in [6.45, 7) is 7.58. The Morgan fingerprint density at radius 3 is 2.40 bits per heavy atom. The molecule has 30 heavy (non-hydrogen) atoms. The van der Waals surface area contributed by atoms with Crippen LogP contribution in [0.4, 0.5) is 0 Å². The smallest absolute Gasteiger partial charge is 0.259 e. The summed E-state index contributed by atoms with van der Waals surface area (Å²) < 4.78 is 8.94. The highest BCUT2D eigenvalue weighted by molar-refractivity contribution is 7.17. The molecule has 0 atom stereocenters. The maximum atomic E-state index is 12.6. The second-order valence-corrected chi connectivity index (χ2v) is 9.13. The summed E-state index contributed by atoms with van der Waals surface area (Å²) in [5.41, 5.74) is 3.62. The van der Waals surface area contributed by atoms with Crippen LogP contribution in [0.2, 0.25) is 0 Å². The van der Waals surface area contributed by atoms with Crippen LogP contribution in [0.15, 0.2) is 58.8 Å². The van der Waals surface area contributed by atoms with Gasteiger partial charge < -0.3 is 14.4 Å². The third-order valence-electron chi connectivity index (χ3n) is 5.38. The molecule has 0 saturated carbocycles. The number of aryl methyl sites for hydroxylation is 3. The molecule has 0 aliphatic carbocycles. The number of benzene rings is 2. The van der Waals surface area contributed by atoms with Crippen LogP contribution in [-0.2, 0) is 12.6 Å². The van der Waals surface area contributed by atoms with Crippen molar-refractivity contribution in [3.63, 3.8) is 0 Å². The number of aromatic nitrogens is 1. The van der Waals surface area contributed by atoms with Crippen molar-refractivity contribution in [2.24, 2.45) is 7.05 Å². The van der Waals surface area contributed by atoms with Crippen molar-refractivity contribution >= 4 is 21.4 Å². The summed E-state index contributed by atoms with van der Waals surface area (Å²) in [6, 6.07) is 13.7. The van der Waals surface area contributed by atoms with Crippen molar-refractivity contribution < 1.29 is 9.84 Å². The molecule has 2 aromatic carbocycles. The predicted octanol–water partition coefficient (Wildman–Crippen LogP) is 5.90. The van der Waals surface area contributed by atoms with Crippen molar-refractivity contribution in [2.75, 3.05) is 0 Å². The van der Waals surface area contributed by atoms with Crippen molar-refractivity contribution in [3.05, 3.63) is 81.1 Å². The Bertz CT molecular complexity index is 1290. The van der Waals surface area contributed by atoms with Gasteiger partial charge in [-0.2, -0.15) is 0 Å². The monoisotopic (exact) mass is 419 g/mol. The second kappa shape index (κ2) is 7.42. The molecule has 4 aromatic rings. The van der Waals surface area contributed by atoms with Gasteiger partial charge in [-0.25, -0.2) is 0 Å². The third kappa shape index (κ3) is 3.55. The van der Waals surface area contributed by atoms with E-state index in [9.17, 15) is 9.90 Å². The van der Waals surface area contributed by atoms with Gasteiger partial charge in [0.25, 0.3) is 5.56 Å². The predicted molar refractivity (Wildman–Crippen MR) is 124 cm³/mol. The SMILES string of the molecule is Cc1cccc(C)c1Oc1ccc(C(C)(C)O)cc1-c1cn(C)c(=O)c2ccsc12. The van der Waals surface area contributed by atoms with Gasteiger partial charge in [-0.1, -0.05) is 24.3 Å². The van der Waals surface area contributed by atoms with Gasteiger partial charge in [0, 0.05) is 29.1 Å². The van der Waals surface area contributed by atoms with Crippen molar-refractivity contribution in [2.45, 2.75) is 33.3 Å². The normalized spacial score (nSPS) is 11.8. The fourth-order valence-electron chi connectivity index (χ4n) is 3.66. The van der Waals surface area contributed by atoms with Gasteiger partial charge >= 0.3 is 0 Å². The Morgan fingerprint density at radius 1 is 1.03 bits per heavy atom.